The Bertz CT molecular complexity index is 1170. The van der Waals surface area contributed by atoms with Crippen molar-refractivity contribution in [2.45, 2.75) is 25.4 Å². The average molecular weight is 452 g/mol. The molecule has 31 heavy (non-hydrogen) atoms. The van der Waals surface area contributed by atoms with E-state index in [0.717, 1.165) is 12.1 Å². The van der Waals surface area contributed by atoms with Crippen LogP contribution in [0.15, 0.2) is 42.5 Å². The van der Waals surface area contributed by atoms with Crippen molar-refractivity contribution in [2.24, 2.45) is 0 Å². The van der Waals surface area contributed by atoms with Crippen LogP contribution in [0.2, 0.25) is 0 Å². The Morgan fingerprint density at radius 3 is 2.74 bits per heavy atom. The molecule has 2 aliphatic heterocycles. The number of carbonyl (C=O) groups excluding carboxylic acids is 1. The van der Waals surface area contributed by atoms with E-state index in [2.05, 4.69) is 10.0 Å². The molecule has 0 saturated heterocycles. The first-order chi connectivity index (χ1) is 14.6. The molecule has 0 bridgehead atoms. The molecule has 164 valence electrons. The number of nitrogens with one attached hydrogen (secondary N) is 2. The number of carbonyl (C=O) groups is 1. The maximum absolute atomic E-state index is 13.0. The second-order valence-electron chi connectivity index (χ2n) is 7.32. The molecule has 10 heteroatoms. The number of benzene rings is 2. The molecule has 0 aromatic heterocycles. The van der Waals surface area contributed by atoms with E-state index in [1.54, 1.807) is 18.2 Å². The van der Waals surface area contributed by atoms with Crippen LogP contribution in [-0.2, 0) is 27.4 Å². The molecular formula is C21H19F3N2O4S. The maximum atomic E-state index is 13.0. The second kappa shape index (κ2) is 7.92. The molecule has 0 saturated carbocycles. The first kappa shape index (κ1) is 21.2. The van der Waals surface area contributed by atoms with Gasteiger partial charge >= 0.3 is 6.18 Å². The van der Waals surface area contributed by atoms with Crippen molar-refractivity contribution >= 4 is 32.9 Å². The summed E-state index contributed by atoms with van der Waals surface area (Å²) in [6.07, 6.45) is -1.85. The fourth-order valence-corrected chi connectivity index (χ4v) is 4.76. The molecule has 0 spiro atoms. The number of ether oxygens (including phenoxy) is 1. The van der Waals surface area contributed by atoms with E-state index in [1.807, 2.05) is 0 Å². The third-order valence-electron chi connectivity index (χ3n) is 5.13. The Balaban J connectivity index is 1.61. The third-order valence-corrected chi connectivity index (χ3v) is 6.40. The zero-order valence-electron chi connectivity index (χ0n) is 16.3. The monoisotopic (exact) mass is 452 g/mol. The number of hydrogen-bond acceptors (Lipinski definition) is 4. The van der Waals surface area contributed by atoms with Gasteiger partial charge in [-0.1, -0.05) is 12.1 Å². The van der Waals surface area contributed by atoms with E-state index in [9.17, 15) is 26.4 Å². The molecular weight excluding hydrogens is 433 g/mol. The second-order valence-corrected chi connectivity index (χ2v) is 9.16. The van der Waals surface area contributed by atoms with Crippen LogP contribution in [0.5, 0.6) is 5.75 Å². The minimum atomic E-state index is -4.49. The van der Waals surface area contributed by atoms with Crippen LogP contribution >= 0.6 is 0 Å². The highest BCUT2D eigenvalue weighted by molar-refractivity contribution is 7.92. The molecule has 0 fully saturated rings. The lowest BCUT2D eigenvalue weighted by molar-refractivity contribution is -0.137. The summed E-state index contributed by atoms with van der Waals surface area (Å²) in [5.41, 5.74) is 1.80. The summed E-state index contributed by atoms with van der Waals surface area (Å²) in [7, 11) is -3.38. The van der Waals surface area contributed by atoms with Gasteiger partial charge in [0.2, 0.25) is 15.9 Å². The fraction of sp³-hybridized carbons (Fsp3) is 0.286. The van der Waals surface area contributed by atoms with Gasteiger partial charge < -0.3 is 10.1 Å². The number of allylic oxidation sites excluding steroid dienone is 1. The van der Waals surface area contributed by atoms with Crippen LogP contribution in [0.3, 0.4) is 0 Å². The lowest BCUT2D eigenvalue weighted by Gasteiger charge is -2.21. The molecule has 6 nitrogen and oxygen atoms in total. The summed E-state index contributed by atoms with van der Waals surface area (Å²) in [6, 6.07) is 8.17. The smallest absolute Gasteiger partial charge is 0.416 e. The Morgan fingerprint density at radius 2 is 1.97 bits per heavy atom. The summed E-state index contributed by atoms with van der Waals surface area (Å²) < 4.78 is 70.5. The Hall–Kier alpha value is -3.01. The van der Waals surface area contributed by atoms with Gasteiger partial charge in [0.15, 0.2) is 0 Å². The number of fused-ring (bicyclic) bond motifs is 2. The number of sulfonamides is 1. The fourth-order valence-electron chi connectivity index (χ4n) is 3.66. The van der Waals surface area contributed by atoms with Crippen LogP contribution in [0.4, 0.5) is 24.5 Å². The van der Waals surface area contributed by atoms with Gasteiger partial charge in [0.05, 0.1) is 23.6 Å². The van der Waals surface area contributed by atoms with Crippen molar-refractivity contribution in [3.05, 3.63) is 59.2 Å². The normalized spacial score (nSPS) is 18.7. The van der Waals surface area contributed by atoms with Crippen molar-refractivity contribution in [3.8, 4) is 5.75 Å². The lowest BCUT2D eigenvalue weighted by Crippen LogP contribution is -2.25. The highest BCUT2D eigenvalue weighted by Crippen LogP contribution is 2.38. The highest BCUT2D eigenvalue weighted by Gasteiger charge is 2.32. The predicted octanol–water partition coefficient (Wildman–Crippen LogP) is 4.20. The van der Waals surface area contributed by atoms with Crippen LogP contribution in [-0.4, -0.2) is 26.7 Å². The van der Waals surface area contributed by atoms with Crippen molar-refractivity contribution in [3.63, 3.8) is 0 Å². The van der Waals surface area contributed by atoms with Gasteiger partial charge in [-0.05, 0) is 49.1 Å². The summed E-state index contributed by atoms with van der Waals surface area (Å²) in [5, 5.41) is 2.76. The summed E-state index contributed by atoms with van der Waals surface area (Å²) >= 11 is 0. The first-order valence-electron chi connectivity index (χ1n) is 9.61. The Morgan fingerprint density at radius 1 is 1.16 bits per heavy atom. The van der Waals surface area contributed by atoms with Crippen LogP contribution < -0.4 is 14.8 Å². The number of rotatable bonds is 2. The summed E-state index contributed by atoms with van der Waals surface area (Å²) in [4.78, 5) is 12.7. The van der Waals surface area contributed by atoms with E-state index < -0.39 is 27.7 Å². The number of halogens is 3. The van der Waals surface area contributed by atoms with Gasteiger partial charge in [0.25, 0.3) is 0 Å². The standard InChI is InChI=1S/C21H19F3N2O4S/c22-21(23,24)14-6-7-15-13(3-2-9-30-19(15)12-14)11-20(27)25-17-4-1-5-18-16(17)8-10-31(28,29)26-18/h1,4-7,11-12,26H,2-3,8-10H2,(H,25,27). The van der Waals surface area contributed by atoms with E-state index in [4.69, 9.17) is 4.74 Å². The summed E-state index contributed by atoms with van der Waals surface area (Å²) in [5.74, 6) is -0.442. The number of anilines is 2. The van der Waals surface area contributed by atoms with Crippen molar-refractivity contribution in [2.75, 3.05) is 22.4 Å². The molecule has 2 heterocycles. The largest absolute Gasteiger partial charge is 0.493 e. The van der Waals surface area contributed by atoms with Crippen molar-refractivity contribution in [1.29, 1.82) is 0 Å². The van der Waals surface area contributed by atoms with Gasteiger partial charge in [-0.3, -0.25) is 9.52 Å². The predicted molar refractivity (Wildman–Crippen MR) is 110 cm³/mol. The lowest BCUT2D eigenvalue weighted by atomic mass is 9.99. The van der Waals surface area contributed by atoms with Crippen LogP contribution in [0, 0.1) is 0 Å². The van der Waals surface area contributed by atoms with E-state index >= 15 is 0 Å². The Kier molecular flexibility index (Phi) is 5.42. The Labute approximate surface area is 177 Å². The number of amides is 1. The minimum Gasteiger partial charge on any atom is -0.493 e. The van der Waals surface area contributed by atoms with E-state index in [-0.39, 0.29) is 24.5 Å². The van der Waals surface area contributed by atoms with Gasteiger partial charge in [0.1, 0.15) is 5.75 Å². The average Bonchev–Trinajstić information content (AvgIpc) is 2.88. The molecule has 2 aromatic carbocycles. The third kappa shape index (κ3) is 4.68. The molecule has 0 radical (unpaired) electrons. The molecule has 1 amide bonds. The molecule has 0 aliphatic carbocycles. The number of alkyl halides is 3. The van der Waals surface area contributed by atoms with Crippen molar-refractivity contribution < 1.29 is 31.1 Å². The van der Waals surface area contributed by atoms with E-state index in [0.29, 0.717) is 40.9 Å². The van der Waals surface area contributed by atoms with Gasteiger partial charge in [0, 0.05) is 22.9 Å². The molecule has 2 aromatic rings. The summed E-state index contributed by atoms with van der Waals surface area (Å²) in [6.45, 7) is 0.250. The molecule has 4 rings (SSSR count). The van der Waals surface area contributed by atoms with Crippen LogP contribution in [0.1, 0.15) is 29.5 Å². The molecule has 2 N–H and O–H groups in total. The first-order valence-corrected chi connectivity index (χ1v) is 11.3. The van der Waals surface area contributed by atoms with Crippen LogP contribution in [0.25, 0.3) is 5.57 Å². The van der Waals surface area contributed by atoms with Gasteiger partial charge in [-0.15, -0.1) is 0 Å². The zero-order chi connectivity index (χ0) is 22.2. The zero-order valence-corrected chi connectivity index (χ0v) is 17.1. The molecule has 0 atom stereocenters. The highest BCUT2D eigenvalue weighted by atomic mass is 32.2. The number of hydrogen-bond donors (Lipinski definition) is 2. The van der Waals surface area contributed by atoms with Gasteiger partial charge in [-0.25, -0.2) is 8.42 Å². The molecule has 0 unspecified atom stereocenters. The molecule has 2 aliphatic rings. The van der Waals surface area contributed by atoms with Crippen molar-refractivity contribution in [1.82, 2.24) is 0 Å². The van der Waals surface area contributed by atoms with Gasteiger partial charge in [-0.2, -0.15) is 13.2 Å². The quantitative estimate of drug-likeness (QED) is 0.669. The SMILES string of the molecule is O=C(C=C1CCCOc2cc(C(F)(F)F)ccc21)Nc1cccc2c1CCS(=O)(=O)N2. The maximum Gasteiger partial charge on any atom is 0.416 e. The van der Waals surface area contributed by atoms with E-state index in [1.165, 1.54) is 12.1 Å². The topological polar surface area (TPSA) is 84.5 Å². The minimum absolute atomic E-state index is 0.0831.